The Hall–Kier alpha value is -1.12. The third-order valence-corrected chi connectivity index (χ3v) is 0.741. The van der Waals surface area contributed by atoms with Gasteiger partial charge in [0.2, 0.25) is 0 Å². The second-order valence-corrected chi connectivity index (χ2v) is 1.86. The average molecular weight is 141 g/mol. The van der Waals surface area contributed by atoms with Crippen molar-refractivity contribution in [1.82, 2.24) is 0 Å². The molecule has 0 aromatic heterocycles. The summed E-state index contributed by atoms with van der Waals surface area (Å²) in [4.78, 5) is 15.0. The minimum Gasteiger partial charge on any atom is -0.314 e. The molecule has 0 rings (SSSR count). The van der Waals surface area contributed by atoms with Crippen LogP contribution in [0.2, 0.25) is 0 Å². The Morgan fingerprint density at radius 2 is 2.40 bits per heavy atom. The van der Waals surface area contributed by atoms with Crippen LogP contribution < -0.4 is 0 Å². The Bertz CT molecular complexity index is 161. The average Bonchev–Trinajstić information content (AvgIpc) is 1.88. The molecule has 0 radical (unpaired) electrons. The van der Waals surface area contributed by atoms with Gasteiger partial charge in [-0.15, -0.1) is 0 Å². The lowest BCUT2D eigenvalue weighted by molar-refractivity contribution is -0.138. The van der Waals surface area contributed by atoms with E-state index in [1.165, 1.54) is 6.21 Å². The molecule has 0 saturated carbocycles. The zero-order chi connectivity index (χ0) is 7.98. The fourth-order valence-corrected chi connectivity index (χ4v) is 0.238. The maximum absolute atomic E-state index is 10.6. The Balaban J connectivity index is 3.60. The fraction of sp³-hybridized carbons (Fsp3) is 0.429. The third kappa shape index (κ3) is 3.83. The first-order valence-corrected chi connectivity index (χ1v) is 3.07. The number of hydrogen-bond donors (Lipinski definition) is 0. The predicted octanol–water partition coefficient (Wildman–Crippen LogP) is 1.50. The van der Waals surface area contributed by atoms with E-state index in [2.05, 4.69) is 16.6 Å². The maximum Gasteiger partial charge on any atom is 0.360 e. The molecule has 0 saturated heterocycles. The van der Waals surface area contributed by atoms with E-state index in [0.717, 1.165) is 6.42 Å². The van der Waals surface area contributed by atoms with E-state index in [0.29, 0.717) is 5.57 Å². The number of hydrogen-bond acceptors (Lipinski definition) is 3. The van der Waals surface area contributed by atoms with Gasteiger partial charge in [0.15, 0.2) is 0 Å². The highest BCUT2D eigenvalue weighted by Crippen LogP contribution is 1.91. The van der Waals surface area contributed by atoms with Crippen LogP contribution in [0.1, 0.15) is 20.3 Å². The topological polar surface area (TPSA) is 38.7 Å². The normalized spacial score (nSPS) is 9.80. The van der Waals surface area contributed by atoms with Crippen molar-refractivity contribution >= 4 is 12.2 Å². The van der Waals surface area contributed by atoms with Crippen molar-refractivity contribution in [1.29, 1.82) is 0 Å². The first kappa shape index (κ1) is 8.88. The molecule has 0 atom stereocenters. The van der Waals surface area contributed by atoms with Crippen LogP contribution in [0.25, 0.3) is 0 Å². The second-order valence-electron chi connectivity index (χ2n) is 1.86. The minimum absolute atomic E-state index is 0.355. The molecular weight excluding hydrogens is 130 g/mol. The minimum atomic E-state index is -0.482. The second kappa shape index (κ2) is 4.73. The maximum atomic E-state index is 10.6. The molecule has 10 heavy (non-hydrogen) atoms. The van der Waals surface area contributed by atoms with Gasteiger partial charge in [0.1, 0.15) is 0 Å². The Morgan fingerprint density at radius 1 is 1.80 bits per heavy atom. The smallest absolute Gasteiger partial charge is 0.314 e. The van der Waals surface area contributed by atoms with Crippen molar-refractivity contribution in [2.24, 2.45) is 5.16 Å². The lowest BCUT2D eigenvalue weighted by atomic mass is 10.4. The highest BCUT2D eigenvalue weighted by molar-refractivity contribution is 5.87. The number of rotatable bonds is 3. The van der Waals surface area contributed by atoms with Gasteiger partial charge in [0, 0.05) is 11.8 Å². The molecule has 0 aromatic carbocycles. The molecule has 0 amide bonds. The van der Waals surface area contributed by atoms with Crippen LogP contribution in [0, 0.1) is 0 Å². The van der Waals surface area contributed by atoms with Crippen LogP contribution in [0.5, 0.6) is 0 Å². The first-order valence-electron chi connectivity index (χ1n) is 3.07. The number of carbonyl (C=O) groups is 1. The van der Waals surface area contributed by atoms with Crippen molar-refractivity contribution in [2.45, 2.75) is 20.3 Å². The van der Waals surface area contributed by atoms with Crippen LogP contribution in [-0.2, 0) is 9.63 Å². The molecular formula is C7H11NO2. The number of nitrogens with zero attached hydrogens (tertiary/aromatic N) is 1. The van der Waals surface area contributed by atoms with Crippen LogP contribution in [0.3, 0.4) is 0 Å². The summed E-state index contributed by atoms with van der Waals surface area (Å²) in [5.74, 6) is -0.482. The van der Waals surface area contributed by atoms with Gasteiger partial charge in [-0.05, 0) is 13.3 Å². The van der Waals surface area contributed by atoms with Gasteiger partial charge < -0.3 is 4.84 Å². The van der Waals surface area contributed by atoms with Crippen molar-refractivity contribution in [2.75, 3.05) is 0 Å². The number of carbonyl (C=O) groups excluding carboxylic acids is 1. The van der Waals surface area contributed by atoms with Crippen LogP contribution >= 0.6 is 0 Å². The molecule has 0 bridgehead atoms. The summed E-state index contributed by atoms with van der Waals surface area (Å²) in [6.45, 7) is 6.86. The summed E-state index contributed by atoms with van der Waals surface area (Å²) >= 11 is 0. The molecule has 0 aliphatic rings. The van der Waals surface area contributed by atoms with E-state index in [1.807, 2.05) is 6.92 Å². The summed E-state index contributed by atoms with van der Waals surface area (Å²) in [6.07, 6.45) is 2.27. The molecule has 3 nitrogen and oxygen atoms in total. The lowest BCUT2D eigenvalue weighted by Gasteiger charge is -1.92. The Morgan fingerprint density at radius 3 is 2.80 bits per heavy atom. The van der Waals surface area contributed by atoms with Crippen LogP contribution in [0.4, 0.5) is 0 Å². The van der Waals surface area contributed by atoms with E-state index in [-0.39, 0.29) is 0 Å². The van der Waals surface area contributed by atoms with Crippen molar-refractivity contribution in [3.63, 3.8) is 0 Å². The van der Waals surface area contributed by atoms with Crippen molar-refractivity contribution < 1.29 is 9.63 Å². The van der Waals surface area contributed by atoms with Gasteiger partial charge in [-0.3, -0.25) is 0 Å². The molecule has 0 spiro atoms. The Kier molecular flexibility index (Phi) is 4.20. The van der Waals surface area contributed by atoms with E-state index < -0.39 is 5.97 Å². The number of oxime groups is 1. The molecule has 3 heteroatoms. The van der Waals surface area contributed by atoms with E-state index >= 15 is 0 Å². The van der Waals surface area contributed by atoms with Gasteiger partial charge in [0.05, 0.1) is 0 Å². The molecule has 0 aromatic rings. The highest BCUT2D eigenvalue weighted by Gasteiger charge is 1.99. The van der Waals surface area contributed by atoms with E-state index in [4.69, 9.17) is 0 Å². The highest BCUT2D eigenvalue weighted by atomic mass is 16.7. The summed E-state index contributed by atoms with van der Waals surface area (Å²) in [5.41, 5.74) is 0.355. The molecule has 0 aliphatic heterocycles. The summed E-state index contributed by atoms with van der Waals surface area (Å²) in [5, 5.41) is 3.38. The fourth-order valence-electron chi connectivity index (χ4n) is 0.238. The van der Waals surface area contributed by atoms with Crippen LogP contribution in [0.15, 0.2) is 17.3 Å². The van der Waals surface area contributed by atoms with Crippen LogP contribution in [-0.4, -0.2) is 12.2 Å². The predicted molar refractivity (Wildman–Crippen MR) is 39.7 cm³/mol. The van der Waals surface area contributed by atoms with Gasteiger partial charge in [0.25, 0.3) is 0 Å². The standard InChI is InChI=1S/C7H11NO2/c1-4-5-8-10-7(9)6(2)3/h5H,2,4H2,1,3H3. The summed E-state index contributed by atoms with van der Waals surface area (Å²) in [7, 11) is 0. The molecule has 0 N–H and O–H groups in total. The third-order valence-electron chi connectivity index (χ3n) is 0.741. The quantitative estimate of drug-likeness (QED) is 0.258. The van der Waals surface area contributed by atoms with E-state index in [1.54, 1.807) is 6.92 Å². The molecule has 0 unspecified atom stereocenters. The van der Waals surface area contributed by atoms with Gasteiger partial charge in [-0.1, -0.05) is 18.7 Å². The lowest BCUT2D eigenvalue weighted by Crippen LogP contribution is -1.99. The zero-order valence-electron chi connectivity index (χ0n) is 6.26. The van der Waals surface area contributed by atoms with Gasteiger partial charge in [-0.2, -0.15) is 0 Å². The zero-order valence-corrected chi connectivity index (χ0v) is 6.26. The first-order chi connectivity index (χ1) is 4.68. The summed E-state index contributed by atoms with van der Waals surface area (Å²) < 4.78 is 0. The molecule has 0 heterocycles. The monoisotopic (exact) mass is 141 g/mol. The largest absolute Gasteiger partial charge is 0.360 e. The van der Waals surface area contributed by atoms with E-state index in [9.17, 15) is 4.79 Å². The molecule has 0 aliphatic carbocycles. The Labute approximate surface area is 60.4 Å². The van der Waals surface area contributed by atoms with Gasteiger partial charge >= 0.3 is 5.97 Å². The molecule has 56 valence electrons. The SMILES string of the molecule is C=C(C)C(=O)ON=CCC. The van der Waals surface area contributed by atoms with Crippen molar-refractivity contribution in [3.05, 3.63) is 12.2 Å². The molecule has 0 fully saturated rings. The van der Waals surface area contributed by atoms with Crippen molar-refractivity contribution in [3.8, 4) is 0 Å². The summed E-state index contributed by atoms with van der Waals surface area (Å²) in [6, 6.07) is 0. The van der Waals surface area contributed by atoms with Gasteiger partial charge in [-0.25, -0.2) is 4.79 Å².